The number of hydroxylamine groups is 2. The Labute approximate surface area is 129 Å². The van der Waals surface area contributed by atoms with E-state index in [0.717, 1.165) is 32.2 Å². The maximum Gasteiger partial charge on any atom is 0.147 e. The molecule has 0 aliphatic rings. The van der Waals surface area contributed by atoms with Crippen molar-refractivity contribution in [3.8, 4) is 0 Å². The van der Waals surface area contributed by atoms with Gasteiger partial charge in [0.15, 0.2) is 0 Å². The van der Waals surface area contributed by atoms with Crippen LogP contribution in [0.2, 0.25) is 0 Å². The van der Waals surface area contributed by atoms with E-state index in [1.165, 1.54) is 0 Å². The standard InChI is InChI=1S/C16H32N2O3/c1-15(2,3)20-17-12-10-8-7-9-11-14(13-19)18-21-16(4,5)6/h17-18H,7-12H2,1-6H3. The molecule has 0 aromatic rings. The molecule has 0 aliphatic carbocycles. The Hall–Kier alpha value is -0.870. The normalized spacial score (nSPS) is 12.1. The van der Waals surface area contributed by atoms with Crippen molar-refractivity contribution in [3.63, 3.8) is 0 Å². The van der Waals surface area contributed by atoms with Crippen LogP contribution in [0.5, 0.6) is 0 Å². The highest BCUT2D eigenvalue weighted by atomic mass is 16.7. The number of allylic oxidation sites excluding steroid dienone is 1. The van der Waals surface area contributed by atoms with Crippen LogP contribution in [0.25, 0.3) is 0 Å². The Morgan fingerprint density at radius 2 is 1.48 bits per heavy atom. The second kappa shape index (κ2) is 9.96. The summed E-state index contributed by atoms with van der Waals surface area (Å²) in [5.41, 5.74) is 5.69. The molecule has 0 aliphatic heterocycles. The average molecular weight is 300 g/mol. The van der Waals surface area contributed by atoms with Gasteiger partial charge in [0.05, 0.1) is 11.2 Å². The summed E-state index contributed by atoms with van der Waals surface area (Å²) in [5, 5.41) is 0. The maximum absolute atomic E-state index is 10.8. The molecule has 0 fully saturated rings. The molecule has 0 rings (SSSR count). The quantitative estimate of drug-likeness (QED) is 0.368. The van der Waals surface area contributed by atoms with Gasteiger partial charge in [0.2, 0.25) is 0 Å². The van der Waals surface area contributed by atoms with Crippen LogP contribution < -0.4 is 11.0 Å². The third-order valence-corrected chi connectivity index (χ3v) is 2.44. The number of carbonyl (C=O) groups excluding carboxylic acids is 1. The fourth-order valence-corrected chi connectivity index (χ4v) is 1.46. The fourth-order valence-electron chi connectivity index (χ4n) is 1.46. The second-order valence-electron chi connectivity index (χ2n) is 7.17. The number of rotatable bonds is 10. The van der Waals surface area contributed by atoms with Crippen LogP contribution in [0.15, 0.2) is 5.70 Å². The van der Waals surface area contributed by atoms with Crippen LogP contribution in [-0.2, 0) is 14.5 Å². The van der Waals surface area contributed by atoms with Crippen LogP contribution >= 0.6 is 0 Å². The third-order valence-electron chi connectivity index (χ3n) is 2.44. The molecule has 0 unspecified atom stereocenters. The van der Waals surface area contributed by atoms with Crippen molar-refractivity contribution in [3.05, 3.63) is 5.70 Å². The predicted octanol–water partition coefficient (Wildman–Crippen LogP) is 3.29. The lowest BCUT2D eigenvalue weighted by molar-refractivity contribution is -0.0726. The maximum atomic E-state index is 10.8. The highest BCUT2D eigenvalue weighted by molar-refractivity contribution is 5.50. The van der Waals surface area contributed by atoms with E-state index in [0.29, 0.717) is 12.1 Å². The Morgan fingerprint density at radius 3 is 2.00 bits per heavy atom. The Morgan fingerprint density at radius 1 is 0.905 bits per heavy atom. The summed E-state index contributed by atoms with van der Waals surface area (Å²) >= 11 is 0. The zero-order valence-electron chi connectivity index (χ0n) is 14.5. The van der Waals surface area contributed by atoms with Crippen LogP contribution in [-0.4, -0.2) is 23.7 Å². The van der Waals surface area contributed by atoms with Crippen molar-refractivity contribution in [2.75, 3.05) is 6.54 Å². The van der Waals surface area contributed by atoms with E-state index in [-0.39, 0.29) is 11.2 Å². The van der Waals surface area contributed by atoms with Gasteiger partial charge in [0.25, 0.3) is 0 Å². The Balaban J connectivity index is 3.55. The molecular weight excluding hydrogens is 268 g/mol. The fraction of sp³-hybridized carbons (Fsp3) is 0.875. The van der Waals surface area contributed by atoms with Gasteiger partial charge in [-0.2, -0.15) is 0 Å². The van der Waals surface area contributed by atoms with Crippen LogP contribution in [0, 0.1) is 0 Å². The van der Waals surface area contributed by atoms with Crippen LogP contribution in [0.1, 0.15) is 73.6 Å². The highest BCUT2D eigenvalue weighted by Crippen LogP contribution is 2.10. The van der Waals surface area contributed by atoms with Crippen molar-refractivity contribution < 1.29 is 14.5 Å². The highest BCUT2D eigenvalue weighted by Gasteiger charge is 2.11. The van der Waals surface area contributed by atoms with E-state index < -0.39 is 0 Å². The van der Waals surface area contributed by atoms with Gasteiger partial charge in [0, 0.05) is 13.0 Å². The molecule has 0 radical (unpaired) electrons. The average Bonchev–Trinajstić information content (AvgIpc) is 2.33. The first-order chi connectivity index (χ1) is 9.64. The molecule has 21 heavy (non-hydrogen) atoms. The van der Waals surface area contributed by atoms with Gasteiger partial charge in [-0.05, 0) is 54.4 Å². The third kappa shape index (κ3) is 15.3. The molecule has 0 amide bonds. The van der Waals surface area contributed by atoms with Crippen LogP contribution in [0.4, 0.5) is 0 Å². The van der Waals surface area contributed by atoms with Gasteiger partial charge in [-0.15, -0.1) is 0 Å². The topological polar surface area (TPSA) is 59.6 Å². The first kappa shape index (κ1) is 20.1. The van der Waals surface area contributed by atoms with Crippen molar-refractivity contribution in [2.24, 2.45) is 0 Å². The molecule has 0 saturated heterocycles. The first-order valence-corrected chi connectivity index (χ1v) is 7.73. The van der Waals surface area contributed by atoms with Crippen molar-refractivity contribution >= 4 is 5.94 Å². The van der Waals surface area contributed by atoms with Gasteiger partial charge in [-0.25, -0.2) is 10.3 Å². The predicted molar refractivity (Wildman–Crippen MR) is 85.1 cm³/mol. The molecule has 2 N–H and O–H groups in total. The minimum absolute atomic E-state index is 0.150. The van der Waals surface area contributed by atoms with E-state index in [1.807, 2.05) is 47.5 Å². The summed E-state index contributed by atoms with van der Waals surface area (Å²) in [6, 6.07) is 0. The minimum Gasteiger partial charge on any atom is -0.296 e. The lowest BCUT2D eigenvalue weighted by Gasteiger charge is -2.20. The van der Waals surface area contributed by atoms with E-state index >= 15 is 0 Å². The summed E-state index contributed by atoms with van der Waals surface area (Å²) in [5.74, 6) is 1.90. The van der Waals surface area contributed by atoms with Crippen molar-refractivity contribution in [2.45, 2.75) is 84.8 Å². The zero-order chi connectivity index (χ0) is 16.4. The molecule has 0 aromatic heterocycles. The lowest BCUT2D eigenvalue weighted by atomic mass is 10.1. The molecular formula is C16H32N2O3. The molecule has 0 spiro atoms. The summed E-state index contributed by atoms with van der Waals surface area (Å²) in [7, 11) is 0. The van der Waals surface area contributed by atoms with Gasteiger partial charge >= 0.3 is 0 Å². The van der Waals surface area contributed by atoms with E-state index in [2.05, 4.69) is 11.0 Å². The molecule has 0 atom stereocenters. The molecule has 5 heteroatoms. The summed E-state index contributed by atoms with van der Waals surface area (Å²) < 4.78 is 0. The molecule has 0 aromatic carbocycles. The minimum atomic E-state index is -0.319. The molecule has 0 saturated carbocycles. The van der Waals surface area contributed by atoms with Crippen molar-refractivity contribution in [1.29, 1.82) is 0 Å². The SMILES string of the molecule is CC(C)(C)ONCCCCCCC(=C=O)NOC(C)(C)C. The van der Waals surface area contributed by atoms with Gasteiger partial charge in [-0.1, -0.05) is 12.8 Å². The van der Waals surface area contributed by atoms with Gasteiger partial charge in [0.1, 0.15) is 11.6 Å². The lowest BCUT2D eigenvalue weighted by Crippen LogP contribution is -2.29. The van der Waals surface area contributed by atoms with Crippen LogP contribution in [0.3, 0.4) is 0 Å². The largest absolute Gasteiger partial charge is 0.296 e. The molecule has 5 nitrogen and oxygen atoms in total. The summed E-state index contributed by atoms with van der Waals surface area (Å²) in [6.07, 6.45) is 4.85. The van der Waals surface area contributed by atoms with E-state index in [1.54, 1.807) is 0 Å². The Kier molecular flexibility index (Phi) is 9.54. The first-order valence-electron chi connectivity index (χ1n) is 7.73. The van der Waals surface area contributed by atoms with E-state index in [4.69, 9.17) is 9.68 Å². The number of hydrogen-bond acceptors (Lipinski definition) is 5. The summed E-state index contributed by atoms with van der Waals surface area (Å²) in [6.45, 7) is 12.7. The molecule has 124 valence electrons. The number of nitrogens with one attached hydrogen (secondary N) is 2. The summed E-state index contributed by atoms with van der Waals surface area (Å²) in [4.78, 5) is 21.6. The molecule has 0 heterocycles. The smallest absolute Gasteiger partial charge is 0.147 e. The number of hydrogen-bond donors (Lipinski definition) is 2. The second-order valence-corrected chi connectivity index (χ2v) is 7.17. The monoisotopic (exact) mass is 300 g/mol. The van der Waals surface area contributed by atoms with E-state index in [9.17, 15) is 4.79 Å². The Bertz CT molecular complexity index is 323. The van der Waals surface area contributed by atoms with Gasteiger partial charge in [-0.3, -0.25) is 15.2 Å². The molecule has 0 bridgehead atoms. The van der Waals surface area contributed by atoms with Gasteiger partial charge < -0.3 is 0 Å². The zero-order valence-corrected chi connectivity index (χ0v) is 14.5. The number of unbranched alkanes of at least 4 members (excludes halogenated alkanes) is 3. The van der Waals surface area contributed by atoms with Crippen molar-refractivity contribution in [1.82, 2.24) is 11.0 Å².